The molecule has 0 spiro atoms. The second-order valence-corrected chi connectivity index (χ2v) is 7.45. The standard InChI is InChI=1S/C19H22N6O2/c26-19(15-9-20-21-10-15)24-7-5-13(6-8-24)12-27-18-4-3-17-22-16(14-1-2-14)11-25(17)23-18/h3-4,9-11,13-14H,1-2,5-8,12H2,(H,20,21). The maximum Gasteiger partial charge on any atom is 0.257 e. The average Bonchev–Trinajstić information content (AvgIpc) is 3.24. The predicted octanol–water partition coefficient (Wildman–Crippen LogP) is 2.26. The first-order valence-electron chi connectivity index (χ1n) is 9.53. The van der Waals surface area contributed by atoms with Crippen LogP contribution in [0, 0.1) is 5.92 Å². The third-order valence-corrected chi connectivity index (χ3v) is 5.42. The zero-order valence-corrected chi connectivity index (χ0v) is 15.0. The van der Waals surface area contributed by atoms with E-state index in [-0.39, 0.29) is 5.91 Å². The van der Waals surface area contributed by atoms with Crippen LogP contribution in [0.3, 0.4) is 0 Å². The van der Waals surface area contributed by atoms with Gasteiger partial charge in [-0.1, -0.05) is 0 Å². The normalized spacial score (nSPS) is 18.1. The number of nitrogens with one attached hydrogen (secondary N) is 1. The molecule has 3 aromatic heterocycles. The molecular formula is C19H22N6O2. The zero-order chi connectivity index (χ0) is 18.2. The minimum Gasteiger partial charge on any atom is -0.476 e. The Bertz CT molecular complexity index is 938. The van der Waals surface area contributed by atoms with E-state index in [1.165, 1.54) is 12.8 Å². The summed E-state index contributed by atoms with van der Waals surface area (Å²) in [5.41, 5.74) is 2.62. The highest BCUT2D eigenvalue weighted by molar-refractivity contribution is 5.93. The van der Waals surface area contributed by atoms with Crippen molar-refractivity contribution in [2.24, 2.45) is 5.92 Å². The Morgan fingerprint density at radius 2 is 2.07 bits per heavy atom. The maximum absolute atomic E-state index is 12.3. The first-order chi connectivity index (χ1) is 13.3. The number of aromatic nitrogens is 5. The lowest BCUT2D eigenvalue weighted by molar-refractivity contribution is 0.0659. The molecule has 1 amide bonds. The van der Waals surface area contributed by atoms with Crippen LogP contribution in [0.5, 0.6) is 5.88 Å². The summed E-state index contributed by atoms with van der Waals surface area (Å²) >= 11 is 0. The van der Waals surface area contributed by atoms with E-state index in [0.29, 0.717) is 29.9 Å². The molecule has 0 radical (unpaired) electrons. The zero-order valence-electron chi connectivity index (χ0n) is 15.0. The van der Waals surface area contributed by atoms with Crippen LogP contribution < -0.4 is 4.74 Å². The summed E-state index contributed by atoms with van der Waals surface area (Å²) in [6.45, 7) is 2.12. The Morgan fingerprint density at radius 1 is 1.22 bits per heavy atom. The van der Waals surface area contributed by atoms with Gasteiger partial charge in [-0.25, -0.2) is 9.50 Å². The van der Waals surface area contributed by atoms with Gasteiger partial charge in [-0.2, -0.15) is 5.10 Å². The number of carbonyl (C=O) groups is 1. The fourth-order valence-corrected chi connectivity index (χ4v) is 3.59. The first kappa shape index (κ1) is 16.3. The Hall–Kier alpha value is -2.90. The van der Waals surface area contributed by atoms with Gasteiger partial charge in [-0.15, -0.1) is 5.10 Å². The summed E-state index contributed by atoms with van der Waals surface area (Å²) in [6.07, 6.45) is 9.56. The third kappa shape index (κ3) is 3.39. The van der Waals surface area contributed by atoms with Crippen LogP contribution in [-0.4, -0.2) is 55.3 Å². The molecule has 8 heteroatoms. The van der Waals surface area contributed by atoms with Crippen molar-refractivity contribution in [1.29, 1.82) is 0 Å². The predicted molar refractivity (Wildman–Crippen MR) is 97.7 cm³/mol. The van der Waals surface area contributed by atoms with E-state index in [4.69, 9.17) is 4.74 Å². The van der Waals surface area contributed by atoms with Gasteiger partial charge in [0.05, 0.1) is 30.3 Å². The van der Waals surface area contributed by atoms with E-state index in [1.807, 2.05) is 27.7 Å². The Labute approximate surface area is 156 Å². The molecule has 8 nitrogen and oxygen atoms in total. The number of H-pyrrole nitrogens is 1. The molecule has 5 rings (SSSR count). The molecule has 1 aliphatic heterocycles. The van der Waals surface area contributed by atoms with Crippen molar-refractivity contribution in [3.05, 3.63) is 42.0 Å². The molecule has 2 aliphatic rings. The lowest BCUT2D eigenvalue weighted by Crippen LogP contribution is -2.39. The fraction of sp³-hybridized carbons (Fsp3) is 0.474. The minimum atomic E-state index is 0.0433. The van der Waals surface area contributed by atoms with Crippen molar-refractivity contribution in [3.8, 4) is 5.88 Å². The first-order valence-corrected chi connectivity index (χ1v) is 9.53. The van der Waals surface area contributed by atoms with Crippen molar-refractivity contribution >= 4 is 11.6 Å². The molecule has 2 fully saturated rings. The molecule has 27 heavy (non-hydrogen) atoms. The summed E-state index contributed by atoms with van der Waals surface area (Å²) in [4.78, 5) is 18.8. The molecular weight excluding hydrogens is 344 g/mol. The number of rotatable bonds is 5. The molecule has 1 saturated heterocycles. The van der Waals surface area contributed by atoms with Gasteiger partial charge >= 0.3 is 0 Å². The van der Waals surface area contributed by atoms with Gasteiger partial charge in [0, 0.05) is 31.3 Å². The monoisotopic (exact) mass is 366 g/mol. The van der Waals surface area contributed by atoms with Gasteiger partial charge < -0.3 is 9.64 Å². The summed E-state index contributed by atoms with van der Waals surface area (Å²) < 4.78 is 7.74. The molecule has 1 N–H and O–H groups in total. The molecule has 0 bridgehead atoms. The molecule has 0 aromatic carbocycles. The van der Waals surface area contributed by atoms with Gasteiger partial charge in [0.25, 0.3) is 5.91 Å². The average molecular weight is 366 g/mol. The number of piperidine rings is 1. The molecule has 3 aromatic rings. The van der Waals surface area contributed by atoms with E-state index in [2.05, 4.69) is 20.3 Å². The fourth-order valence-electron chi connectivity index (χ4n) is 3.59. The summed E-state index contributed by atoms with van der Waals surface area (Å²) in [7, 11) is 0. The smallest absolute Gasteiger partial charge is 0.257 e. The van der Waals surface area contributed by atoms with E-state index in [0.717, 1.165) is 37.3 Å². The van der Waals surface area contributed by atoms with Gasteiger partial charge in [-0.05, 0) is 37.7 Å². The third-order valence-electron chi connectivity index (χ3n) is 5.42. The van der Waals surface area contributed by atoms with E-state index >= 15 is 0 Å². The van der Waals surface area contributed by atoms with E-state index in [9.17, 15) is 4.79 Å². The second-order valence-electron chi connectivity index (χ2n) is 7.45. The number of imidazole rings is 1. The Kier molecular flexibility index (Phi) is 4.03. The number of carbonyl (C=O) groups excluding carboxylic acids is 1. The Balaban J connectivity index is 1.15. The molecule has 1 saturated carbocycles. The van der Waals surface area contributed by atoms with Gasteiger partial charge in [0.15, 0.2) is 5.65 Å². The number of amides is 1. The largest absolute Gasteiger partial charge is 0.476 e. The van der Waals surface area contributed by atoms with E-state index in [1.54, 1.807) is 12.4 Å². The highest BCUT2D eigenvalue weighted by atomic mass is 16.5. The van der Waals surface area contributed by atoms with Gasteiger partial charge in [-0.3, -0.25) is 9.89 Å². The van der Waals surface area contributed by atoms with Crippen molar-refractivity contribution in [3.63, 3.8) is 0 Å². The highest BCUT2D eigenvalue weighted by Crippen LogP contribution is 2.39. The van der Waals surface area contributed by atoms with Crippen molar-refractivity contribution < 1.29 is 9.53 Å². The van der Waals surface area contributed by atoms with Crippen LogP contribution in [0.25, 0.3) is 5.65 Å². The summed E-state index contributed by atoms with van der Waals surface area (Å²) in [6, 6.07) is 3.84. The molecule has 4 heterocycles. The lowest BCUT2D eigenvalue weighted by Gasteiger charge is -2.31. The SMILES string of the molecule is O=C(c1cn[nH]c1)N1CCC(COc2ccc3nc(C4CC4)cn3n2)CC1. The van der Waals surface area contributed by atoms with Gasteiger partial charge in [0.2, 0.25) is 5.88 Å². The van der Waals surface area contributed by atoms with Crippen LogP contribution in [0.4, 0.5) is 0 Å². The van der Waals surface area contributed by atoms with Crippen molar-refractivity contribution in [2.45, 2.75) is 31.6 Å². The number of nitrogens with zero attached hydrogens (tertiary/aromatic N) is 5. The van der Waals surface area contributed by atoms with Crippen LogP contribution in [0.2, 0.25) is 0 Å². The number of likely N-dealkylation sites (tertiary alicyclic amines) is 1. The topological polar surface area (TPSA) is 88.4 Å². The van der Waals surface area contributed by atoms with Crippen LogP contribution >= 0.6 is 0 Å². The highest BCUT2D eigenvalue weighted by Gasteiger charge is 2.27. The number of hydrogen-bond donors (Lipinski definition) is 1. The van der Waals surface area contributed by atoms with Crippen molar-refractivity contribution in [2.75, 3.05) is 19.7 Å². The van der Waals surface area contributed by atoms with Crippen LogP contribution in [0.15, 0.2) is 30.7 Å². The van der Waals surface area contributed by atoms with Crippen LogP contribution in [0.1, 0.15) is 47.7 Å². The van der Waals surface area contributed by atoms with E-state index < -0.39 is 0 Å². The molecule has 0 unspecified atom stereocenters. The molecule has 1 aliphatic carbocycles. The number of aromatic amines is 1. The Morgan fingerprint density at radius 3 is 2.81 bits per heavy atom. The van der Waals surface area contributed by atoms with Gasteiger partial charge in [0.1, 0.15) is 0 Å². The lowest BCUT2D eigenvalue weighted by atomic mass is 9.97. The number of fused-ring (bicyclic) bond motifs is 1. The number of ether oxygens (including phenoxy) is 1. The second kappa shape index (κ2) is 6.68. The van der Waals surface area contributed by atoms with Crippen molar-refractivity contribution in [1.82, 2.24) is 29.7 Å². The van der Waals surface area contributed by atoms with Crippen LogP contribution in [-0.2, 0) is 0 Å². The molecule has 140 valence electrons. The minimum absolute atomic E-state index is 0.0433. The summed E-state index contributed by atoms with van der Waals surface area (Å²) in [5, 5.41) is 11.1. The molecule has 0 atom stereocenters. The quantitative estimate of drug-likeness (QED) is 0.748. The number of hydrogen-bond acceptors (Lipinski definition) is 5. The summed E-state index contributed by atoms with van der Waals surface area (Å²) in [5.74, 6) is 1.72. The maximum atomic E-state index is 12.3.